The molecule has 0 radical (unpaired) electrons. The summed E-state index contributed by atoms with van der Waals surface area (Å²) >= 11 is 0. The second kappa shape index (κ2) is 51.8. The van der Waals surface area contributed by atoms with Gasteiger partial charge in [0.2, 0.25) is 0 Å². The summed E-state index contributed by atoms with van der Waals surface area (Å²) in [6.07, 6.45) is 20.1. The Morgan fingerprint density at radius 2 is 0.576 bits per heavy atom. The van der Waals surface area contributed by atoms with Gasteiger partial charge in [0.15, 0.2) is 0 Å². The molecule has 1 aromatic rings. The van der Waals surface area contributed by atoms with E-state index in [0.29, 0.717) is 151 Å². The van der Waals surface area contributed by atoms with Crippen molar-refractivity contribution in [3.05, 3.63) is 35.9 Å². The monoisotopic (exact) mass is 945 g/mol. The van der Waals surface area contributed by atoms with Gasteiger partial charge in [0.1, 0.15) is 13.2 Å². The van der Waals surface area contributed by atoms with Gasteiger partial charge in [-0.25, -0.2) is 4.79 Å². The molecule has 1 rings (SSSR count). The van der Waals surface area contributed by atoms with Gasteiger partial charge in [-0.1, -0.05) is 127 Å². The molecule has 16 heteroatoms. The maximum atomic E-state index is 11.9. The van der Waals surface area contributed by atoms with E-state index in [1.807, 2.05) is 0 Å². The summed E-state index contributed by atoms with van der Waals surface area (Å²) in [6, 6.07) is 8.26. The molecule has 66 heavy (non-hydrogen) atoms. The van der Waals surface area contributed by atoms with Crippen LogP contribution in [0.15, 0.2) is 30.3 Å². The van der Waals surface area contributed by atoms with Gasteiger partial charge in [-0.05, 0) is 6.42 Å². The Kier molecular flexibility index (Phi) is 48.2. The summed E-state index contributed by atoms with van der Waals surface area (Å²) in [4.78, 5) is 35.6. The molecule has 0 saturated carbocycles. The third-order valence-electron chi connectivity index (χ3n) is 9.88. The predicted octanol–water partition coefficient (Wildman–Crippen LogP) is 7.40. The van der Waals surface area contributed by atoms with Crippen molar-refractivity contribution in [3.63, 3.8) is 0 Å². The molecule has 0 spiro atoms. The van der Waals surface area contributed by atoms with E-state index in [4.69, 9.17) is 61.6 Å². The molecule has 0 fully saturated rings. The normalized spacial score (nSPS) is 11.3. The zero-order valence-electron chi connectivity index (χ0n) is 40.7. The Hall–Kier alpha value is -2.61. The average molecular weight is 945 g/mol. The van der Waals surface area contributed by atoms with E-state index in [9.17, 15) is 14.4 Å². The SMILES string of the molecule is CCCCCCCCCCCCCCCCCC(=O)OCCOCCOCCOCCOCCOCCOCCOCCOCCOCCOCCOCCOC(=O)C(=O)c1ccccc1. The minimum absolute atomic E-state index is 0.00722. The van der Waals surface area contributed by atoms with Crippen molar-refractivity contribution in [1.29, 1.82) is 0 Å². The zero-order valence-corrected chi connectivity index (χ0v) is 40.7. The van der Waals surface area contributed by atoms with Crippen LogP contribution in [0.2, 0.25) is 0 Å². The molecular weight excluding hydrogens is 857 g/mol. The molecule has 0 heterocycles. The number of unbranched alkanes of at least 4 members (excludes halogenated alkanes) is 14. The second-order valence-electron chi connectivity index (χ2n) is 15.5. The van der Waals surface area contributed by atoms with Gasteiger partial charge in [-0.2, -0.15) is 0 Å². The summed E-state index contributed by atoms with van der Waals surface area (Å²) in [6.45, 7) is 12.2. The van der Waals surface area contributed by atoms with E-state index < -0.39 is 11.8 Å². The topological polar surface area (TPSA) is 171 Å². The van der Waals surface area contributed by atoms with Crippen molar-refractivity contribution in [1.82, 2.24) is 0 Å². The van der Waals surface area contributed by atoms with Crippen molar-refractivity contribution >= 4 is 17.7 Å². The Morgan fingerprint density at radius 3 is 0.879 bits per heavy atom. The van der Waals surface area contributed by atoms with Crippen LogP contribution >= 0.6 is 0 Å². The van der Waals surface area contributed by atoms with Crippen LogP contribution in [0.5, 0.6) is 0 Å². The first-order valence-electron chi connectivity index (χ1n) is 24.9. The molecule has 0 amide bonds. The Balaban J connectivity index is 1.64. The van der Waals surface area contributed by atoms with Gasteiger partial charge in [0, 0.05) is 12.0 Å². The molecule has 0 bridgehead atoms. The highest BCUT2D eigenvalue weighted by atomic mass is 16.6. The Bertz CT molecular complexity index is 1180. The lowest BCUT2D eigenvalue weighted by molar-refractivity contribution is -0.145. The zero-order chi connectivity index (χ0) is 47.3. The Labute approximate surface area is 396 Å². The summed E-state index contributed by atoms with van der Waals surface area (Å²) in [7, 11) is 0. The first-order chi connectivity index (χ1) is 32.6. The third-order valence-corrected chi connectivity index (χ3v) is 9.88. The van der Waals surface area contributed by atoms with E-state index >= 15 is 0 Å². The van der Waals surface area contributed by atoms with Gasteiger partial charge in [-0.3, -0.25) is 9.59 Å². The van der Waals surface area contributed by atoms with Crippen LogP contribution in [-0.4, -0.2) is 176 Å². The number of carbonyl (C=O) groups excluding carboxylic acids is 3. The van der Waals surface area contributed by atoms with Gasteiger partial charge >= 0.3 is 11.9 Å². The second-order valence-corrected chi connectivity index (χ2v) is 15.5. The maximum Gasteiger partial charge on any atom is 0.379 e. The Morgan fingerprint density at radius 1 is 0.318 bits per heavy atom. The summed E-state index contributed by atoms with van der Waals surface area (Å²) < 4.78 is 70.4. The minimum atomic E-state index is -0.900. The lowest BCUT2D eigenvalue weighted by atomic mass is 10.0. The number of hydrogen-bond donors (Lipinski definition) is 0. The molecule has 0 unspecified atom stereocenters. The number of carbonyl (C=O) groups is 3. The van der Waals surface area contributed by atoms with Gasteiger partial charge in [0.25, 0.3) is 5.78 Å². The van der Waals surface area contributed by atoms with Crippen LogP contribution in [0.1, 0.15) is 120 Å². The number of ether oxygens (including phenoxy) is 13. The van der Waals surface area contributed by atoms with Crippen molar-refractivity contribution in [2.75, 3.05) is 159 Å². The number of ketones is 1. The molecule has 0 N–H and O–H groups in total. The lowest BCUT2D eigenvalue weighted by Gasteiger charge is -2.09. The summed E-state index contributed by atoms with van der Waals surface area (Å²) in [5.41, 5.74) is 0.293. The first-order valence-corrected chi connectivity index (χ1v) is 24.9. The molecule has 1 aromatic carbocycles. The number of esters is 2. The summed E-state index contributed by atoms with van der Waals surface area (Å²) in [5, 5.41) is 0. The minimum Gasteiger partial charge on any atom is -0.463 e. The quantitative estimate of drug-likeness (QED) is 0.0274. The lowest BCUT2D eigenvalue weighted by Crippen LogP contribution is -2.20. The van der Waals surface area contributed by atoms with Crippen molar-refractivity contribution in [2.45, 2.75) is 110 Å². The number of benzene rings is 1. The molecular formula is C50H88O16. The highest BCUT2D eigenvalue weighted by Gasteiger charge is 2.17. The smallest absolute Gasteiger partial charge is 0.379 e. The highest BCUT2D eigenvalue weighted by Crippen LogP contribution is 2.14. The largest absolute Gasteiger partial charge is 0.463 e. The molecule has 0 atom stereocenters. The van der Waals surface area contributed by atoms with Gasteiger partial charge in [0.05, 0.1) is 145 Å². The van der Waals surface area contributed by atoms with E-state index in [1.54, 1.807) is 30.3 Å². The van der Waals surface area contributed by atoms with E-state index in [2.05, 4.69) is 6.92 Å². The van der Waals surface area contributed by atoms with Crippen LogP contribution in [-0.2, 0) is 71.2 Å². The number of Topliss-reactive ketones (excluding diaryl/α,β-unsaturated/α-hetero) is 1. The maximum absolute atomic E-state index is 11.9. The van der Waals surface area contributed by atoms with Crippen LogP contribution < -0.4 is 0 Å². The number of hydrogen-bond acceptors (Lipinski definition) is 16. The van der Waals surface area contributed by atoms with Gasteiger partial charge < -0.3 is 61.6 Å². The van der Waals surface area contributed by atoms with Crippen LogP contribution in [0.3, 0.4) is 0 Å². The van der Waals surface area contributed by atoms with E-state index in [0.717, 1.165) is 12.8 Å². The molecule has 384 valence electrons. The standard InChI is InChI=1S/C50H88O16/c1-2-3-4-5-6-7-8-9-10-11-12-13-14-15-19-22-48(51)65-45-43-63-41-39-61-37-35-59-33-31-57-29-27-55-25-23-54-24-26-56-28-30-58-32-34-60-36-38-62-40-42-64-44-46-66-50(53)49(52)47-20-17-16-18-21-47/h16-18,20-21H,2-15,19,22-46H2,1H3. The molecule has 16 nitrogen and oxygen atoms in total. The van der Waals surface area contributed by atoms with Gasteiger partial charge in [-0.15, -0.1) is 0 Å². The first kappa shape index (κ1) is 61.4. The van der Waals surface area contributed by atoms with E-state index in [-0.39, 0.29) is 25.8 Å². The summed E-state index contributed by atoms with van der Waals surface area (Å²) in [5.74, 6) is -1.72. The highest BCUT2D eigenvalue weighted by molar-refractivity contribution is 6.40. The van der Waals surface area contributed by atoms with Crippen molar-refractivity contribution in [3.8, 4) is 0 Å². The fourth-order valence-electron chi connectivity index (χ4n) is 6.19. The van der Waals surface area contributed by atoms with Crippen molar-refractivity contribution < 1.29 is 76.0 Å². The third kappa shape index (κ3) is 45.2. The molecule has 0 aromatic heterocycles. The van der Waals surface area contributed by atoms with Crippen molar-refractivity contribution in [2.24, 2.45) is 0 Å². The van der Waals surface area contributed by atoms with Crippen LogP contribution in [0, 0.1) is 0 Å². The number of rotatable bonds is 54. The molecule has 0 aliphatic carbocycles. The van der Waals surface area contributed by atoms with Crippen LogP contribution in [0.4, 0.5) is 0 Å². The predicted molar refractivity (Wildman–Crippen MR) is 251 cm³/mol. The average Bonchev–Trinajstić information content (AvgIpc) is 3.33. The molecule has 0 aliphatic heterocycles. The fourth-order valence-corrected chi connectivity index (χ4v) is 6.19. The fraction of sp³-hybridized carbons (Fsp3) is 0.820. The van der Waals surface area contributed by atoms with Crippen LogP contribution in [0.25, 0.3) is 0 Å². The molecule has 0 saturated heterocycles. The molecule has 0 aliphatic rings. The van der Waals surface area contributed by atoms with E-state index in [1.165, 1.54) is 83.5 Å².